The third-order valence-electron chi connectivity index (χ3n) is 2.29. The van der Waals surface area contributed by atoms with Crippen LogP contribution in [0.1, 0.15) is 46.5 Å². The molecule has 0 saturated carbocycles. The number of allylic oxidation sites excluding steroid dienone is 1. The van der Waals surface area contributed by atoms with Crippen LogP contribution in [0, 0.1) is 0 Å². The smallest absolute Gasteiger partial charge is 0.152 e. The van der Waals surface area contributed by atoms with Crippen molar-refractivity contribution in [1.29, 1.82) is 0 Å². The molecular formula is C12H22O2. The van der Waals surface area contributed by atoms with Crippen molar-refractivity contribution in [2.24, 2.45) is 0 Å². The molecule has 1 atom stereocenters. The lowest BCUT2D eigenvalue weighted by molar-refractivity contribution is -0.112. The number of carbonyl (C=O) groups excluding carboxylic acids is 1. The quantitative estimate of drug-likeness (QED) is 0.464. The molecule has 0 aliphatic rings. The maximum Gasteiger partial charge on any atom is 0.152 e. The number of ketones is 1. The monoisotopic (exact) mass is 198 g/mol. The Bertz CT molecular complexity index is 194. The van der Waals surface area contributed by atoms with E-state index >= 15 is 0 Å². The molecule has 0 radical (unpaired) electrons. The highest BCUT2D eigenvalue weighted by Crippen LogP contribution is 2.13. The standard InChI is InChI=1S/C12H22O2/c1-5-6-7-8-12(14-4)10(2)9-11(3)13/h9,12H,5-8H2,1-4H3. The van der Waals surface area contributed by atoms with E-state index in [0.717, 1.165) is 18.4 Å². The first kappa shape index (κ1) is 13.4. The first-order valence-electron chi connectivity index (χ1n) is 5.33. The first-order valence-corrected chi connectivity index (χ1v) is 5.33. The van der Waals surface area contributed by atoms with Gasteiger partial charge in [0.15, 0.2) is 5.78 Å². The second-order valence-electron chi connectivity index (χ2n) is 3.72. The van der Waals surface area contributed by atoms with Gasteiger partial charge in [-0.25, -0.2) is 0 Å². The fourth-order valence-electron chi connectivity index (χ4n) is 1.52. The molecule has 1 unspecified atom stereocenters. The maximum atomic E-state index is 10.9. The molecule has 0 amide bonds. The lowest BCUT2D eigenvalue weighted by Crippen LogP contribution is -2.12. The Balaban J connectivity index is 4.05. The van der Waals surface area contributed by atoms with Crippen molar-refractivity contribution in [1.82, 2.24) is 0 Å². The third-order valence-corrected chi connectivity index (χ3v) is 2.29. The highest BCUT2D eigenvalue weighted by molar-refractivity contribution is 5.87. The van der Waals surface area contributed by atoms with Crippen LogP contribution in [0.15, 0.2) is 11.6 Å². The summed E-state index contributed by atoms with van der Waals surface area (Å²) in [7, 11) is 1.70. The second kappa shape index (κ2) is 7.74. The summed E-state index contributed by atoms with van der Waals surface area (Å²) in [6.07, 6.45) is 6.41. The molecule has 0 saturated heterocycles. The lowest BCUT2D eigenvalue weighted by atomic mass is 10.0. The zero-order chi connectivity index (χ0) is 11.0. The van der Waals surface area contributed by atoms with Gasteiger partial charge in [-0.15, -0.1) is 0 Å². The molecule has 0 aromatic heterocycles. The van der Waals surface area contributed by atoms with Crippen LogP contribution in [0.4, 0.5) is 0 Å². The van der Waals surface area contributed by atoms with Crippen LogP contribution in [-0.4, -0.2) is 19.0 Å². The van der Waals surface area contributed by atoms with Gasteiger partial charge in [-0.2, -0.15) is 0 Å². The normalized spacial score (nSPS) is 14.1. The molecule has 0 heterocycles. The van der Waals surface area contributed by atoms with E-state index in [9.17, 15) is 4.79 Å². The van der Waals surface area contributed by atoms with E-state index in [2.05, 4.69) is 6.92 Å². The van der Waals surface area contributed by atoms with Gasteiger partial charge in [-0.05, 0) is 31.9 Å². The van der Waals surface area contributed by atoms with Crippen LogP contribution in [0.5, 0.6) is 0 Å². The Morgan fingerprint density at radius 1 is 1.36 bits per heavy atom. The Kier molecular flexibility index (Phi) is 7.40. The predicted molar refractivity (Wildman–Crippen MR) is 59.4 cm³/mol. The summed E-state index contributed by atoms with van der Waals surface area (Å²) >= 11 is 0. The average molecular weight is 198 g/mol. The summed E-state index contributed by atoms with van der Waals surface area (Å²) in [4.78, 5) is 10.9. The molecule has 0 aromatic carbocycles. The van der Waals surface area contributed by atoms with Crippen LogP contribution in [0.2, 0.25) is 0 Å². The van der Waals surface area contributed by atoms with E-state index < -0.39 is 0 Å². The van der Waals surface area contributed by atoms with Crippen molar-refractivity contribution in [3.63, 3.8) is 0 Å². The van der Waals surface area contributed by atoms with Crippen molar-refractivity contribution >= 4 is 5.78 Å². The van der Waals surface area contributed by atoms with Gasteiger partial charge in [0.25, 0.3) is 0 Å². The topological polar surface area (TPSA) is 26.3 Å². The lowest BCUT2D eigenvalue weighted by Gasteiger charge is -2.15. The molecule has 14 heavy (non-hydrogen) atoms. The third kappa shape index (κ3) is 5.92. The van der Waals surface area contributed by atoms with E-state index in [4.69, 9.17) is 4.74 Å². The summed E-state index contributed by atoms with van der Waals surface area (Å²) < 4.78 is 5.34. The SMILES string of the molecule is CCCCCC(OC)C(C)=CC(C)=O. The molecular weight excluding hydrogens is 176 g/mol. The summed E-state index contributed by atoms with van der Waals surface area (Å²) in [6.45, 7) is 5.71. The van der Waals surface area contributed by atoms with Gasteiger partial charge in [0.1, 0.15) is 0 Å². The van der Waals surface area contributed by atoms with Crippen molar-refractivity contribution in [3.8, 4) is 0 Å². The summed E-state index contributed by atoms with van der Waals surface area (Å²) in [5.41, 5.74) is 1.04. The molecule has 2 nitrogen and oxygen atoms in total. The van der Waals surface area contributed by atoms with Crippen LogP contribution in [0.3, 0.4) is 0 Å². The Morgan fingerprint density at radius 3 is 2.43 bits per heavy atom. The molecule has 0 bridgehead atoms. The minimum Gasteiger partial charge on any atom is -0.377 e. The van der Waals surface area contributed by atoms with Gasteiger partial charge < -0.3 is 4.74 Å². The largest absolute Gasteiger partial charge is 0.377 e. The van der Waals surface area contributed by atoms with Crippen LogP contribution in [-0.2, 0) is 9.53 Å². The van der Waals surface area contributed by atoms with Gasteiger partial charge in [0.05, 0.1) is 6.10 Å². The zero-order valence-electron chi connectivity index (χ0n) is 9.80. The fourth-order valence-corrected chi connectivity index (χ4v) is 1.52. The van der Waals surface area contributed by atoms with Crippen molar-refractivity contribution < 1.29 is 9.53 Å². The van der Waals surface area contributed by atoms with E-state index in [1.807, 2.05) is 6.92 Å². The number of ether oxygens (including phenoxy) is 1. The highest BCUT2D eigenvalue weighted by Gasteiger charge is 2.09. The van der Waals surface area contributed by atoms with Crippen LogP contribution >= 0.6 is 0 Å². The first-order chi connectivity index (χ1) is 6.61. The Hall–Kier alpha value is -0.630. The Labute approximate surface area is 87.3 Å². The van der Waals surface area contributed by atoms with Gasteiger partial charge in [0, 0.05) is 7.11 Å². The van der Waals surface area contributed by atoms with E-state index in [1.165, 1.54) is 12.8 Å². The van der Waals surface area contributed by atoms with Gasteiger partial charge >= 0.3 is 0 Å². The molecule has 0 N–H and O–H groups in total. The van der Waals surface area contributed by atoms with Crippen LogP contribution < -0.4 is 0 Å². The number of rotatable bonds is 7. The molecule has 0 spiro atoms. The average Bonchev–Trinajstić information content (AvgIpc) is 2.11. The number of hydrogen-bond donors (Lipinski definition) is 0. The summed E-state index contributed by atoms with van der Waals surface area (Å²) in [5, 5.41) is 0. The minimum atomic E-state index is 0.0973. The molecule has 82 valence electrons. The van der Waals surface area contributed by atoms with Gasteiger partial charge in [-0.3, -0.25) is 4.79 Å². The fraction of sp³-hybridized carbons (Fsp3) is 0.750. The highest BCUT2D eigenvalue weighted by atomic mass is 16.5. The van der Waals surface area contributed by atoms with Crippen LogP contribution in [0.25, 0.3) is 0 Å². The molecule has 0 aromatic rings. The van der Waals surface area contributed by atoms with Gasteiger partial charge in [0.2, 0.25) is 0 Å². The zero-order valence-corrected chi connectivity index (χ0v) is 9.80. The van der Waals surface area contributed by atoms with E-state index in [1.54, 1.807) is 20.1 Å². The maximum absolute atomic E-state index is 10.9. The molecule has 0 aliphatic heterocycles. The van der Waals surface area contributed by atoms with Crippen molar-refractivity contribution in [2.75, 3.05) is 7.11 Å². The number of methoxy groups -OCH3 is 1. The van der Waals surface area contributed by atoms with Gasteiger partial charge in [-0.1, -0.05) is 26.2 Å². The molecule has 0 aliphatic carbocycles. The second-order valence-corrected chi connectivity index (χ2v) is 3.72. The predicted octanol–water partition coefficient (Wildman–Crippen LogP) is 3.12. The summed E-state index contributed by atoms with van der Waals surface area (Å²) in [6, 6.07) is 0. The minimum absolute atomic E-state index is 0.0973. The van der Waals surface area contributed by atoms with Crippen molar-refractivity contribution in [3.05, 3.63) is 11.6 Å². The molecule has 2 heteroatoms. The number of hydrogen-bond acceptors (Lipinski definition) is 2. The van der Waals surface area contributed by atoms with Crippen molar-refractivity contribution in [2.45, 2.75) is 52.6 Å². The van der Waals surface area contributed by atoms with E-state index in [0.29, 0.717) is 0 Å². The molecule has 0 rings (SSSR count). The number of unbranched alkanes of at least 4 members (excludes halogenated alkanes) is 2. The number of carbonyl (C=O) groups is 1. The summed E-state index contributed by atoms with van der Waals surface area (Å²) in [5.74, 6) is 0.0973. The van der Waals surface area contributed by atoms with E-state index in [-0.39, 0.29) is 11.9 Å². The molecule has 0 fully saturated rings. The Morgan fingerprint density at radius 2 is 2.00 bits per heavy atom.